The number of para-hydroxylation sites is 1. The van der Waals surface area contributed by atoms with Crippen LogP contribution < -0.4 is 4.80 Å². The molecule has 1 N–H and O–H groups in total. The van der Waals surface area contributed by atoms with Crippen LogP contribution in [0.1, 0.15) is 10.6 Å². The molecule has 2 aromatic carbocycles. The Balaban J connectivity index is 1.64. The van der Waals surface area contributed by atoms with E-state index in [-0.39, 0.29) is 18.1 Å². The summed E-state index contributed by atoms with van der Waals surface area (Å²) in [6, 6.07) is 14.2. The molecule has 0 fully saturated rings. The molecular formula is C18H11Cl2N3O2S. The second-order valence-corrected chi connectivity index (χ2v) is 7.46. The fraction of sp³-hybridized carbons (Fsp3) is 0.0556. The van der Waals surface area contributed by atoms with Crippen LogP contribution >= 0.6 is 34.5 Å². The summed E-state index contributed by atoms with van der Waals surface area (Å²) in [5.74, 6) is -0.149. The minimum Gasteiger partial charge on any atom is -0.352 e. The van der Waals surface area contributed by atoms with Crippen LogP contribution in [-0.4, -0.2) is 15.5 Å². The molecule has 0 aliphatic rings. The maximum atomic E-state index is 12.6. The number of thiazole rings is 1. The zero-order chi connectivity index (χ0) is 18.3. The van der Waals surface area contributed by atoms with Gasteiger partial charge in [0.25, 0.3) is 0 Å². The first-order valence-electron chi connectivity index (χ1n) is 7.61. The molecule has 4 aromatic rings. The third-order valence-corrected chi connectivity index (χ3v) is 5.43. The summed E-state index contributed by atoms with van der Waals surface area (Å²) >= 11 is 13.4. The molecule has 8 heteroatoms. The van der Waals surface area contributed by atoms with Gasteiger partial charge in [-0.15, -0.1) is 0 Å². The number of fused-ring (bicyclic) bond motifs is 1. The Labute approximate surface area is 161 Å². The van der Waals surface area contributed by atoms with E-state index in [9.17, 15) is 4.79 Å². The minimum absolute atomic E-state index is 0.00578. The SMILES string of the molecule is N=c1sc2ccccc2n1CC(=O)c1cc(-c2ccc(Cl)cc2Cl)no1. The molecule has 0 radical (unpaired) electrons. The highest BCUT2D eigenvalue weighted by Crippen LogP contribution is 2.30. The Morgan fingerprint density at radius 3 is 2.81 bits per heavy atom. The fourth-order valence-corrected chi connectivity index (χ4v) is 4.06. The molecule has 0 atom stereocenters. The Hall–Kier alpha value is -2.41. The van der Waals surface area contributed by atoms with Gasteiger partial charge in [-0.05, 0) is 30.3 Å². The van der Waals surface area contributed by atoms with Crippen molar-refractivity contribution in [3.05, 3.63) is 69.1 Å². The van der Waals surface area contributed by atoms with E-state index in [2.05, 4.69) is 5.16 Å². The van der Waals surface area contributed by atoms with Crippen LogP contribution in [0.15, 0.2) is 53.1 Å². The van der Waals surface area contributed by atoms with E-state index in [0.717, 1.165) is 10.2 Å². The Morgan fingerprint density at radius 1 is 1.19 bits per heavy atom. The van der Waals surface area contributed by atoms with E-state index in [0.29, 0.717) is 26.1 Å². The highest BCUT2D eigenvalue weighted by molar-refractivity contribution is 7.16. The summed E-state index contributed by atoms with van der Waals surface area (Å²) in [7, 11) is 0. The number of carbonyl (C=O) groups is 1. The van der Waals surface area contributed by atoms with Gasteiger partial charge in [0.1, 0.15) is 5.69 Å². The number of carbonyl (C=O) groups excluding carboxylic acids is 1. The van der Waals surface area contributed by atoms with Gasteiger partial charge >= 0.3 is 0 Å². The minimum atomic E-state index is -0.268. The number of ketones is 1. The molecular weight excluding hydrogens is 393 g/mol. The first kappa shape index (κ1) is 17.0. The maximum Gasteiger partial charge on any atom is 0.220 e. The molecule has 130 valence electrons. The first-order valence-corrected chi connectivity index (χ1v) is 9.18. The topological polar surface area (TPSA) is 71.9 Å². The summed E-state index contributed by atoms with van der Waals surface area (Å²) in [5, 5.41) is 13.0. The summed E-state index contributed by atoms with van der Waals surface area (Å²) in [6.45, 7) is 0.00578. The number of hydrogen-bond acceptors (Lipinski definition) is 5. The molecule has 0 aliphatic heterocycles. The van der Waals surface area contributed by atoms with E-state index < -0.39 is 0 Å². The molecule has 0 aliphatic carbocycles. The van der Waals surface area contributed by atoms with E-state index in [1.165, 1.54) is 11.3 Å². The van der Waals surface area contributed by atoms with Crippen LogP contribution in [0.5, 0.6) is 0 Å². The zero-order valence-corrected chi connectivity index (χ0v) is 15.5. The van der Waals surface area contributed by atoms with Crippen LogP contribution in [0.4, 0.5) is 0 Å². The number of nitrogens with one attached hydrogen (secondary N) is 1. The largest absolute Gasteiger partial charge is 0.352 e. The quantitative estimate of drug-likeness (QED) is 0.485. The highest BCUT2D eigenvalue weighted by atomic mass is 35.5. The van der Waals surface area contributed by atoms with E-state index in [1.54, 1.807) is 28.8 Å². The average molecular weight is 404 g/mol. The lowest BCUT2D eigenvalue weighted by atomic mass is 10.1. The second-order valence-electron chi connectivity index (χ2n) is 5.58. The number of halogens is 2. The van der Waals surface area contributed by atoms with Crippen LogP contribution in [0.3, 0.4) is 0 Å². The van der Waals surface area contributed by atoms with Crippen molar-refractivity contribution >= 4 is 50.5 Å². The van der Waals surface area contributed by atoms with Crippen molar-refractivity contribution in [1.29, 1.82) is 5.41 Å². The number of rotatable bonds is 4. The lowest BCUT2D eigenvalue weighted by molar-refractivity contribution is 0.0936. The van der Waals surface area contributed by atoms with Gasteiger partial charge in [0.15, 0.2) is 4.80 Å². The van der Waals surface area contributed by atoms with E-state index in [1.807, 2.05) is 24.3 Å². The van der Waals surface area contributed by atoms with Gasteiger partial charge in [-0.2, -0.15) is 0 Å². The summed E-state index contributed by atoms with van der Waals surface area (Å²) in [5.41, 5.74) is 1.94. The van der Waals surface area contributed by atoms with Crippen LogP contribution in [-0.2, 0) is 6.54 Å². The van der Waals surface area contributed by atoms with Gasteiger partial charge in [0.05, 0.1) is 21.8 Å². The number of nitrogens with zero attached hydrogens (tertiary/aromatic N) is 2. The molecule has 0 spiro atoms. The molecule has 26 heavy (non-hydrogen) atoms. The van der Waals surface area contributed by atoms with Crippen LogP contribution in [0, 0.1) is 5.41 Å². The molecule has 5 nitrogen and oxygen atoms in total. The predicted molar refractivity (Wildman–Crippen MR) is 102 cm³/mol. The van der Waals surface area contributed by atoms with Gasteiger partial charge in [-0.3, -0.25) is 10.2 Å². The number of Topliss-reactive ketones (excluding diaryl/α,β-unsaturated/α-hetero) is 1. The van der Waals surface area contributed by atoms with Gasteiger partial charge < -0.3 is 9.09 Å². The standard InChI is InChI=1S/C18H11Cl2N3O2S/c19-10-5-6-11(12(20)7-10)13-8-16(25-22-13)15(24)9-23-14-3-1-2-4-17(14)26-18(23)21/h1-8,21H,9H2. The Bertz CT molecular complexity index is 1190. The van der Waals surface area contributed by atoms with Gasteiger partial charge in [-0.25, -0.2) is 0 Å². The molecule has 0 unspecified atom stereocenters. The maximum absolute atomic E-state index is 12.6. The third kappa shape index (κ3) is 3.07. The van der Waals surface area contributed by atoms with E-state index in [4.69, 9.17) is 33.1 Å². The van der Waals surface area contributed by atoms with Crippen molar-refractivity contribution in [3.63, 3.8) is 0 Å². The van der Waals surface area contributed by atoms with Gasteiger partial charge in [-0.1, -0.05) is 51.8 Å². The summed E-state index contributed by atoms with van der Waals surface area (Å²) < 4.78 is 7.81. The molecule has 4 rings (SSSR count). The van der Waals surface area contributed by atoms with Gasteiger partial charge in [0.2, 0.25) is 11.5 Å². The van der Waals surface area contributed by atoms with Crippen LogP contribution in [0.2, 0.25) is 10.0 Å². The van der Waals surface area contributed by atoms with Crippen LogP contribution in [0.25, 0.3) is 21.5 Å². The first-order chi connectivity index (χ1) is 12.5. The second kappa shape index (κ2) is 6.72. The predicted octanol–water partition coefficient (Wildman–Crippen LogP) is 5.03. The molecule has 0 amide bonds. The fourth-order valence-electron chi connectivity index (χ4n) is 2.64. The smallest absolute Gasteiger partial charge is 0.220 e. The van der Waals surface area contributed by atoms with Crippen molar-refractivity contribution in [3.8, 4) is 11.3 Å². The molecule has 0 saturated heterocycles. The molecule has 0 saturated carbocycles. The lowest BCUT2D eigenvalue weighted by Crippen LogP contribution is -2.19. The molecule has 2 heterocycles. The summed E-state index contributed by atoms with van der Waals surface area (Å²) in [4.78, 5) is 12.9. The number of hydrogen-bond donors (Lipinski definition) is 1. The van der Waals surface area contributed by atoms with E-state index >= 15 is 0 Å². The molecule has 0 bridgehead atoms. The normalized spacial score (nSPS) is 11.2. The van der Waals surface area contributed by atoms with Crippen molar-refractivity contribution < 1.29 is 9.32 Å². The van der Waals surface area contributed by atoms with Crippen molar-refractivity contribution in [2.75, 3.05) is 0 Å². The highest BCUT2D eigenvalue weighted by Gasteiger charge is 2.18. The number of benzene rings is 2. The zero-order valence-electron chi connectivity index (χ0n) is 13.2. The monoisotopic (exact) mass is 403 g/mol. The third-order valence-electron chi connectivity index (χ3n) is 3.90. The number of aromatic nitrogens is 2. The van der Waals surface area contributed by atoms with Gasteiger partial charge in [0, 0.05) is 16.7 Å². The summed E-state index contributed by atoms with van der Waals surface area (Å²) in [6.07, 6.45) is 0. The Kier molecular flexibility index (Phi) is 4.40. The molecule has 2 aromatic heterocycles. The Morgan fingerprint density at radius 2 is 2.00 bits per heavy atom. The lowest BCUT2D eigenvalue weighted by Gasteiger charge is -2.01. The van der Waals surface area contributed by atoms with Crippen molar-refractivity contribution in [2.24, 2.45) is 0 Å². The van der Waals surface area contributed by atoms with Crippen molar-refractivity contribution in [2.45, 2.75) is 6.54 Å². The van der Waals surface area contributed by atoms with Crippen molar-refractivity contribution in [1.82, 2.24) is 9.72 Å². The average Bonchev–Trinajstić information content (AvgIpc) is 3.20.